The van der Waals surface area contributed by atoms with Crippen LogP contribution in [0.1, 0.15) is 18.5 Å². The minimum absolute atomic E-state index is 0.0925. The summed E-state index contributed by atoms with van der Waals surface area (Å²) in [4.78, 5) is 23.0. The largest absolute Gasteiger partial charge is 0.497 e. The minimum Gasteiger partial charge on any atom is -0.497 e. The molecule has 3 rings (SSSR count). The first-order valence-electron chi connectivity index (χ1n) is 10.7. The number of benzene rings is 1. The van der Waals surface area contributed by atoms with E-state index in [0.717, 1.165) is 42.4 Å². The predicted molar refractivity (Wildman–Crippen MR) is 127 cm³/mol. The number of nitrogens with zero attached hydrogens (tertiary/aromatic N) is 3. The lowest BCUT2D eigenvalue weighted by Crippen LogP contribution is -2.45. The number of methoxy groups -OCH3 is 2. The molecular weight excluding hydrogens is 408 g/mol. The summed E-state index contributed by atoms with van der Waals surface area (Å²) in [6.45, 7) is 4.11. The third-order valence-corrected chi connectivity index (χ3v) is 5.25. The number of hydrogen-bond acceptors (Lipinski definition) is 6. The summed E-state index contributed by atoms with van der Waals surface area (Å²) in [6, 6.07) is 11.7. The van der Waals surface area contributed by atoms with Crippen LogP contribution in [-0.2, 0) is 4.79 Å². The molecule has 1 aliphatic heterocycles. The van der Waals surface area contributed by atoms with Crippen LogP contribution in [0.15, 0.2) is 41.4 Å². The molecule has 3 N–H and O–H groups in total. The van der Waals surface area contributed by atoms with Crippen molar-refractivity contribution in [2.75, 3.05) is 51.1 Å². The highest BCUT2D eigenvalue weighted by Gasteiger charge is 2.24. The number of aromatic nitrogens is 1. The van der Waals surface area contributed by atoms with Crippen molar-refractivity contribution in [1.29, 1.82) is 0 Å². The third-order valence-electron chi connectivity index (χ3n) is 5.25. The Morgan fingerprint density at radius 2 is 1.97 bits per heavy atom. The van der Waals surface area contributed by atoms with Crippen molar-refractivity contribution in [3.8, 4) is 11.5 Å². The fraction of sp³-hybridized carbons (Fsp3) is 0.435. The normalized spacial score (nSPS) is 15.9. The molecule has 0 bridgehead atoms. The Hall–Kier alpha value is -3.49. The van der Waals surface area contributed by atoms with Crippen molar-refractivity contribution >= 4 is 23.4 Å². The van der Waals surface area contributed by atoms with Gasteiger partial charge in [-0.05, 0) is 25.5 Å². The molecule has 1 aliphatic rings. The number of pyridine rings is 1. The second kappa shape index (κ2) is 11.2. The zero-order chi connectivity index (χ0) is 22.9. The van der Waals surface area contributed by atoms with Gasteiger partial charge in [0.15, 0.2) is 5.96 Å². The summed E-state index contributed by atoms with van der Waals surface area (Å²) >= 11 is 0. The maximum Gasteiger partial charge on any atom is 0.227 e. The number of carbonyl (C=O) groups is 1. The first kappa shape index (κ1) is 23.2. The molecule has 1 aromatic carbocycles. The molecule has 1 fully saturated rings. The van der Waals surface area contributed by atoms with Crippen molar-refractivity contribution in [2.45, 2.75) is 25.8 Å². The van der Waals surface area contributed by atoms with Crippen LogP contribution in [0.25, 0.3) is 0 Å². The summed E-state index contributed by atoms with van der Waals surface area (Å²) < 4.78 is 10.8. The molecule has 32 heavy (non-hydrogen) atoms. The lowest BCUT2D eigenvalue weighted by molar-refractivity contribution is -0.116. The molecule has 0 aliphatic carbocycles. The molecular formula is C23H32N6O3. The van der Waals surface area contributed by atoms with E-state index in [0.29, 0.717) is 24.7 Å². The Balaban J connectivity index is 1.46. The summed E-state index contributed by atoms with van der Waals surface area (Å²) in [7, 11) is 5.03. The number of rotatable bonds is 8. The Morgan fingerprint density at radius 3 is 2.62 bits per heavy atom. The van der Waals surface area contributed by atoms with Gasteiger partial charge < -0.3 is 30.3 Å². The third kappa shape index (κ3) is 6.50. The topological polar surface area (TPSA) is 100 Å². The minimum atomic E-state index is -0.0925. The van der Waals surface area contributed by atoms with Gasteiger partial charge >= 0.3 is 0 Å². The van der Waals surface area contributed by atoms with Crippen molar-refractivity contribution in [1.82, 2.24) is 15.6 Å². The first-order valence-corrected chi connectivity index (χ1v) is 10.7. The Labute approximate surface area is 189 Å². The van der Waals surface area contributed by atoms with E-state index >= 15 is 0 Å². The van der Waals surface area contributed by atoms with Gasteiger partial charge in [-0.3, -0.25) is 9.79 Å². The number of carbonyl (C=O) groups excluding carboxylic acids is 1. The van der Waals surface area contributed by atoms with Crippen LogP contribution in [-0.4, -0.2) is 63.8 Å². The van der Waals surface area contributed by atoms with Gasteiger partial charge in [0.05, 0.1) is 14.2 Å². The quantitative estimate of drug-likeness (QED) is 0.427. The molecule has 1 atom stereocenters. The van der Waals surface area contributed by atoms with Gasteiger partial charge in [0.2, 0.25) is 5.91 Å². The maximum atomic E-state index is 12.2. The molecule has 0 spiro atoms. The highest BCUT2D eigenvalue weighted by Crippen LogP contribution is 2.30. The Kier molecular flexibility index (Phi) is 8.13. The van der Waals surface area contributed by atoms with Crippen LogP contribution in [0.5, 0.6) is 11.5 Å². The van der Waals surface area contributed by atoms with E-state index in [1.165, 1.54) is 0 Å². The Morgan fingerprint density at radius 1 is 1.22 bits per heavy atom. The summed E-state index contributed by atoms with van der Waals surface area (Å²) in [6.07, 6.45) is 1.29. The number of aliphatic imine (C=N–C) groups is 1. The lowest BCUT2D eigenvalue weighted by Gasteiger charge is -2.21. The SMILES string of the molecule is CN=C(NCCC(=O)Nc1cccc(C)n1)NC1CCN(c2cc(OC)cc(OC)c2)C1. The monoisotopic (exact) mass is 440 g/mol. The summed E-state index contributed by atoms with van der Waals surface area (Å²) in [5, 5.41) is 9.47. The van der Waals surface area contributed by atoms with E-state index < -0.39 is 0 Å². The van der Waals surface area contributed by atoms with Crippen molar-refractivity contribution < 1.29 is 14.3 Å². The molecule has 1 aromatic heterocycles. The fourth-order valence-corrected chi connectivity index (χ4v) is 3.59. The molecule has 9 heteroatoms. The number of ether oxygens (including phenoxy) is 2. The van der Waals surface area contributed by atoms with E-state index in [2.05, 4.69) is 30.8 Å². The lowest BCUT2D eigenvalue weighted by atomic mass is 10.2. The second-order valence-electron chi connectivity index (χ2n) is 7.61. The van der Waals surface area contributed by atoms with Gasteiger partial charge in [0.25, 0.3) is 0 Å². The first-order chi connectivity index (χ1) is 15.5. The van der Waals surface area contributed by atoms with Crippen LogP contribution < -0.4 is 30.3 Å². The van der Waals surface area contributed by atoms with Crippen molar-refractivity contribution in [3.05, 3.63) is 42.1 Å². The van der Waals surface area contributed by atoms with Gasteiger partial charge in [-0.25, -0.2) is 4.98 Å². The average Bonchev–Trinajstić information content (AvgIpc) is 3.26. The highest BCUT2D eigenvalue weighted by atomic mass is 16.5. The van der Waals surface area contributed by atoms with Crippen molar-refractivity contribution in [2.24, 2.45) is 4.99 Å². The van der Waals surface area contributed by atoms with Crippen LogP contribution in [0.4, 0.5) is 11.5 Å². The molecule has 2 aromatic rings. The summed E-state index contributed by atoms with van der Waals surface area (Å²) in [5.41, 5.74) is 1.93. The molecule has 9 nitrogen and oxygen atoms in total. The number of anilines is 2. The molecule has 1 amide bonds. The standard InChI is InChI=1S/C23H32N6O3/c1-16-6-5-7-21(26-16)28-22(30)8-10-25-23(24-2)27-17-9-11-29(15-17)18-12-19(31-3)14-20(13-18)32-4/h5-7,12-14,17H,8-11,15H2,1-4H3,(H2,24,25,27)(H,26,28,30). The van der Waals surface area contributed by atoms with Gasteiger partial charge in [0, 0.05) is 68.7 Å². The molecule has 1 saturated heterocycles. The van der Waals surface area contributed by atoms with Crippen molar-refractivity contribution in [3.63, 3.8) is 0 Å². The zero-order valence-electron chi connectivity index (χ0n) is 19.1. The predicted octanol–water partition coefficient (Wildman–Crippen LogP) is 2.18. The van der Waals surface area contributed by atoms with Gasteiger partial charge in [-0.2, -0.15) is 0 Å². The number of hydrogen-bond donors (Lipinski definition) is 3. The van der Waals surface area contributed by atoms with Crippen LogP contribution >= 0.6 is 0 Å². The molecule has 172 valence electrons. The molecule has 0 saturated carbocycles. The zero-order valence-corrected chi connectivity index (χ0v) is 19.1. The highest BCUT2D eigenvalue weighted by molar-refractivity contribution is 5.90. The number of aryl methyl sites for hydroxylation is 1. The average molecular weight is 441 g/mol. The van der Waals surface area contributed by atoms with E-state index in [4.69, 9.17) is 9.47 Å². The van der Waals surface area contributed by atoms with Crippen LogP contribution in [0, 0.1) is 6.92 Å². The number of guanidine groups is 1. The molecule has 2 heterocycles. The smallest absolute Gasteiger partial charge is 0.227 e. The van der Waals surface area contributed by atoms with Gasteiger partial charge in [-0.15, -0.1) is 0 Å². The van der Waals surface area contributed by atoms with Crippen LogP contribution in [0.3, 0.4) is 0 Å². The second-order valence-corrected chi connectivity index (χ2v) is 7.61. The molecule has 1 unspecified atom stereocenters. The van der Waals surface area contributed by atoms with Crippen LogP contribution in [0.2, 0.25) is 0 Å². The van der Waals surface area contributed by atoms with E-state index in [1.807, 2.05) is 37.3 Å². The van der Waals surface area contributed by atoms with E-state index in [9.17, 15) is 4.79 Å². The van der Waals surface area contributed by atoms with Gasteiger partial charge in [0.1, 0.15) is 17.3 Å². The van der Waals surface area contributed by atoms with E-state index in [1.54, 1.807) is 27.3 Å². The van der Waals surface area contributed by atoms with Gasteiger partial charge in [-0.1, -0.05) is 6.07 Å². The Bertz CT molecular complexity index is 927. The van der Waals surface area contributed by atoms with E-state index in [-0.39, 0.29) is 11.9 Å². The summed E-state index contributed by atoms with van der Waals surface area (Å²) in [5.74, 6) is 2.70. The maximum absolute atomic E-state index is 12.2. The number of amides is 1. The number of nitrogens with one attached hydrogen (secondary N) is 3. The molecule has 0 radical (unpaired) electrons. The fourth-order valence-electron chi connectivity index (χ4n) is 3.59.